The Morgan fingerprint density at radius 2 is 2.15 bits per heavy atom. The topological polar surface area (TPSA) is 28.2 Å². The van der Waals surface area contributed by atoms with E-state index in [4.69, 9.17) is 16.6 Å². The molecule has 1 N–H and O–H groups in total. The van der Waals surface area contributed by atoms with Gasteiger partial charge in [0, 0.05) is 25.2 Å². The van der Waals surface area contributed by atoms with Crippen molar-refractivity contribution in [3.8, 4) is 0 Å². The molecule has 112 valence electrons. The van der Waals surface area contributed by atoms with E-state index in [9.17, 15) is 0 Å². The first kappa shape index (κ1) is 15.6. The molecule has 2 atom stereocenters. The van der Waals surface area contributed by atoms with Crippen LogP contribution in [0.4, 0.5) is 5.82 Å². The second-order valence-corrected chi connectivity index (χ2v) is 6.59. The lowest BCUT2D eigenvalue weighted by molar-refractivity contribution is 0.361. The fraction of sp³-hybridized carbons (Fsp3) is 0.688. The number of aromatic nitrogens is 1. The van der Waals surface area contributed by atoms with Crippen molar-refractivity contribution in [2.45, 2.75) is 59.2 Å². The average Bonchev–Trinajstić information content (AvgIpc) is 2.41. The molecule has 0 saturated carbocycles. The van der Waals surface area contributed by atoms with Crippen molar-refractivity contribution in [1.82, 2.24) is 10.3 Å². The van der Waals surface area contributed by atoms with Gasteiger partial charge in [0.15, 0.2) is 0 Å². The highest BCUT2D eigenvalue weighted by Gasteiger charge is 2.25. The molecule has 2 rings (SSSR count). The lowest BCUT2D eigenvalue weighted by Crippen LogP contribution is -2.43. The van der Waals surface area contributed by atoms with Gasteiger partial charge in [-0.25, -0.2) is 4.98 Å². The highest BCUT2D eigenvalue weighted by atomic mass is 35.5. The number of pyridine rings is 1. The summed E-state index contributed by atoms with van der Waals surface area (Å²) in [6.45, 7) is 10.7. The molecule has 1 fully saturated rings. The summed E-state index contributed by atoms with van der Waals surface area (Å²) in [6.07, 6.45) is 2.56. The maximum absolute atomic E-state index is 6.26. The molecule has 1 aliphatic rings. The Labute approximate surface area is 127 Å². The van der Waals surface area contributed by atoms with Gasteiger partial charge < -0.3 is 10.2 Å². The van der Waals surface area contributed by atoms with Gasteiger partial charge in [-0.2, -0.15) is 0 Å². The molecule has 2 unspecified atom stereocenters. The van der Waals surface area contributed by atoms with Crippen molar-refractivity contribution in [2.24, 2.45) is 5.92 Å². The second-order valence-electron chi connectivity index (χ2n) is 6.19. The van der Waals surface area contributed by atoms with Crippen LogP contribution in [0.2, 0.25) is 5.02 Å². The van der Waals surface area contributed by atoms with Crippen molar-refractivity contribution in [1.29, 1.82) is 0 Å². The molecule has 20 heavy (non-hydrogen) atoms. The van der Waals surface area contributed by atoms with Crippen LogP contribution >= 0.6 is 11.6 Å². The minimum atomic E-state index is 0.436. The standard InChI is InChI=1S/C16H26ClN3/c1-11(2)18-10-15-14(17)7-8-16(19-15)20-9-5-6-12(3)13(20)4/h7-8,11-13,18H,5-6,9-10H2,1-4H3. The Balaban J connectivity index is 2.17. The van der Waals surface area contributed by atoms with E-state index in [1.54, 1.807) is 0 Å². The largest absolute Gasteiger partial charge is 0.354 e. The third-order valence-corrected chi connectivity index (χ3v) is 4.59. The molecule has 2 heterocycles. The van der Waals surface area contributed by atoms with Crippen LogP contribution in [0.1, 0.15) is 46.2 Å². The predicted octanol–water partition coefficient (Wildman–Crippen LogP) is 3.86. The first-order valence-electron chi connectivity index (χ1n) is 7.64. The quantitative estimate of drug-likeness (QED) is 0.914. The first-order valence-corrected chi connectivity index (χ1v) is 8.02. The molecular formula is C16H26ClN3. The highest BCUT2D eigenvalue weighted by molar-refractivity contribution is 6.31. The maximum atomic E-state index is 6.26. The molecule has 0 radical (unpaired) electrons. The van der Waals surface area contributed by atoms with Gasteiger partial charge in [0.2, 0.25) is 0 Å². The van der Waals surface area contributed by atoms with Gasteiger partial charge in [-0.15, -0.1) is 0 Å². The van der Waals surface area contributed by atoms with Gasteiger partial charge >= 0.3 is 0 Å². The third kappa shape index (κ3) is 3.64. The number of nitrogens with one attached hydrogen (secondary N) is 1. The number of anilines is 1. The van der Waals surface area contributed by atoms with Crippen molar-refractivity contribution < 1.29 is 0 Å². The van der Waals surface area contributed by atoms with Crippen LogP contribution in [-0.4, -0.2) is 23.6 Å². The number of piperidine rings is 1. The van der Waals surface area contributed by atoms with Gasteiger partial charge in [-0.3, -0.25) is 0 Å². The normalized spacial score (nSPS) is 23.4. The van der Waals surface area contributed by atoms with E-state index in [0.717, 1.165) is 35.5 Å². The smallest absolute Gasteiger partial charge is 0.129 e. The van der Waals surface area contributed by atoms with Crippen LogP contribution in [-0.2, 0) is 6.54 Å². The number of halogens is 1. The zero-order chi connectivity index (χ0) is 14.7. The molecule has 3 nitrogen and oxygen atoms in total. The van der Waals surface area contributed by atoms with Gasteiger partial charge in [0.05, 0.1) is 10.7 Å². The summed E-state index contributed by atoms with van der Waals surface area (Å²) < 4.78 is 0. The van der Waals surface area contributed by atoms with E-state index in [-0.39, 0.29) is 0 Å². The Morgan fingerprint density at radius 1 is 1.40 bits per heavy atom. The van der Waals surface area contributed by atoms with Crippen LogP contribution in [0, 0.1) is 5.92 Å². The van der Waals surface area contributed by atoms with E-state index in [2.05, 4.69) is 44.0 Å². The molecule has 1 aliphatic heterocycles. The summed E-state index contributed by atoms with van der Waals surface area (Å²) in [5.41, 5.74) is 0.947. The molecule has 0 aromatic carbocycles. The lowest BCUT2D eigenvalue weighted by atomic mass is 9.92. The second kappa shape index (κ2) is 6.77. The van der Waals surface area contributed by atoms with Gasteiger partial charge in [-0.05, 0) is 37.8 Å². The highest BCUT2D eigenvalue weighted by Crippen LogP contribution is 2.28. The number of nitrogens with zero attached hydrogens (tertiary/aromatic N) is 2. The van der Waals surface area contributed by atoms with Crippen LogP contribution in [0.15, 0.2) is 12.1 Å². The summed E-state index contributed by atoms with van der Waals surface area (Å²) in [5, 5.41) is 4.14. The third-order valence-electron chi connectivity index (χ3n) is 4.25. The Hall–Kier alpha value is -0.800. The van der Waals surface area contributed by atoms with Crippen LogP contribution in [0.3, 0.4) is 0 Å². The summed E-state index contributed by atoms with van der Waals surface area (Å²) in [4.78, 5) is 7.20. The monoisotopic (exact) mass is 295 g/mol. The predicted molar refractivity (Wildman–Crippen MR) is 86.4 cm³/mol. The van der Waals surface area contributed by atoms with Crippen molar-refractivity contribution in [3.63, 3.8) is 0 Å². The van der Waals surface area contributed by atoms with Crippen LogP contribution < -0.4 is 10.2 Å². The molecule has 4 heteroatoms. The summed E-state index contributed by atoms with van der Waals surface area (Å²) in [5.74, 6) is 1.78. The minimum Gasteiger partial charge on any atom is -0.354 e. The molecule has 0 amide bonds. The van der Waals surface area contributed by atoms with E-state index in [0.29, 0.717) is 12.1 Å². The van der Waals surface area contributed by atoms with E-state index < -0.39 is 0 Å². The number of hydrogen-bond acceptors (Lipinski definition) is 3. The molecule has 1 saturated heterocycles. The average molecular weight is 296 g/mol. The van der Waals surface area contributed by atoms with Gasteiger partial charge in [0.1, 0.15) is 5.82 Å². The van der Waals surface area contributed by atoms with Crippen molar-refractivity contribution in [3.05, 3.63) is 22.8 Å². The number of rotatable bonds is 4. The molecular weight excluding hydrogens is 270 g/mol. The maximum Gasteiger partial charge on any atom is 0.129 e. The Morgan fingerprint density at radius 3 is 2.85 bits per heavy atom. The van der Waals surface area contributed by atoms with Gasteiger partial charge in [0.25, 0.3) is 0 Å². The zero-order valence-electron chi connectivity index (χ0n) is 13.0. The Bertz CT molecular complexity index is 447. The molecule has 0 bridgehead atoms. The minimum absolute atomic E-state index is 0.436. The molecule has 1 aromatic rings. The van der Waals surface area contributed by atoms with E-state index >= 15 is 0 Å². The Kier molecular flexibility index (Phi) is 5.28. The fourth-order valence-electron chi connectivity index (χ4n) is 2.72. The molecule has 0 spiro atoms. The summed E-state index contributed by atoms with van der Waals surface area (Å²) in [6, 6.07) is 5.01. The fourth-order valence-corrected chi connectivity index (χ4v) is 2.89. The number of hydrogen-bond donors (Lipinski definition) is 1. The van der Waals surface area contributed by atoms with Crippen LogP contribution in [0.25, 0.3) is 0 Å². The summed E-state index contributed by atoms with van der Waals surface area (Å²) >= 11 is 6.26. The van der Waals surface area contributed by atoms with Gasteiger partial charge in [-0.1, -0.05) is 32.4 Å². The SMILES string of the molecule is CC(C)NCc1nc(N2CCCC(C)C2C)ccc1Cl. The van der Waals surface area contributed by atoms with E-state index in [1.807, 2.05) is 6.07 Å². The first-order chi connectivity index (χ1) is 9.49. The van der Waals surface area contributed by atoms with E-state index in [1.165, 1.54) is 12.8 Å². The molecule has 0 aliphatic carbocycles. The lowest BCUT2D eigenvalue weighted by Gasteiger charge is -2.39. The summed E-state index contributed by atoms with van der Waals surface area (Å²) in [7, 11) is 0. The molecule has 1 aromatic heterocycles. The van der Waals surface area contributed by atoms with Crippen LogP contribution in [0.5, 0.6) is 0 Å². The zero-order valence-corrected chi connectivity index (χ0v) is 13.7. The van der Waals surface area contributed by atoms with Crippen molar-refractivity contribution >= 4 is 17.4 Å². The van der Waals surface area contributed by atoms with Crippen molar-refractivity contribution in [2.75, 3.05) is 11.4 Å².